The molecule has 0 fully saturated rings. The van der Waals surface area contributed by atoms with Gasteiger partial charge in [0.1, 0.15) is 11.6 Å². The van der Waals surface area contributed by atoms with E-state index in [0.717, 1.165) is 31.2 Å². The molecular formula is C45H80N4O5. The smallest absolute Gasteiger partial charge is 0.312 e. The van der Waals surface area contributed by atoms with E-state index >= 15 is 0 Å². The third kappa shape index (κ3) is 22.5. The average Bonchev–Trinajstić information content (AvgIpc) is 3.02. The van der Waals surface area contributed by atoms with Crippen LogP contribution in [-0.2, 0) is 25.6 Å². The molecule has 0 aliphatic heterocycles. The first-order valence-corrected chi connectivity index (χ1v) is 20.4. The molecule has 0 aliphatic rings. The number of benzene rings is 1. The lowest BCUT2D eigenvalue weighted by atomic mass is 9.77. The molecule has 2 amide bonds. The molecule has 1 aromatic rings. The third-order valence-electron chi connectivity index (χ3n) is 9.18. The minimum Gasteiger partial charge on any atom is -0.352 e. The summed E-state index contributed by atoms with van der Waals surface area (Å²) in [6.45, 7) is 30.4. The van der Waals surface area contributed by atoms with Crippen LogP contribution in [0.25, 0.3) is 0 Å². The van der Waals surface area contributed by atoms with Gasteiger partial charge in [-0.15, -0.1) is 0 Å². The number of urea groups is 1. The summed E-state index contributed by atoms with van der Waals surface area (Å²) in [6, 6.07) is 8.98. The van der Waals surface area contributed by atoms with Crippen molar-refractivity contribution in [3.05, 3.63) is 35.9 Å². The van der Waals surface area contributed by atoms with Crippen molar-refractivity contribution in [2.45, 2.75) is 185 Å². The number of hydrogen-bond acceptors (Lipinski definition) is 7. The zero-order valence-electron chi connectivity index (χ0n) is 37.0. The molecule has 0 heterocycles. The molecule has 0 aromatic heterocycles. The largest absolute Gasteiger partial charge is 0.352 e. The lowest BCUT2D eigenvalue weighted by Gasteiger charge is -2.32. The summed E-state index contributed by atoms with van der Waals surface area (Å²) in [5.74, 6) is 0.135. The molecule has 310 valence electrons. The summed E-state index contributed by atoms with van der Waals surface area (Å²) in [6.07, 6.45) is 6.42. The summed E-state index contributed by atoms with van der Waals surface area (Å²) in [5.41, 5.74) is 4.95. The number of carbonyl (C=O) groups is 5. The van der Waals surface area contributed by atoms with Gasteiger partial charge in [0.05, 0.1) is 12.1 Å². The van der Waals surface area contributed by atoms with Gasteiger partial charge in [-0.1, -0.05) is 112 Å². The van der Waals surface area contributed by atoms with Crippen molar-refractivity contribution >= 4 is 29.2 Å². The Morgan fingerprint density at radius 3 is 1.52 bits per heavy atom. The molecule has 54 heavy (non-hydrogen) atoms. The minimum atomic E-state index is -0.575. The van der Waals surface area contributed by atoms with Crippen molar-refractivity contribution in [2.24, 2.45) is 34.3 Å². The molecule has 9 nitrogen and oxygen atoms in total. The summed E-state index contributed by atoms with van der Waals surface area (Å²) < 4.78 is 0. The molecular weight excluding hydrogens is 677 g/mol. The maximum absolute atomic E-state index is 13.3. The van der Waals surface area contributed by atoms with Crippen molar-refractivity contribution in [3.63, 3.8) is 0 Å². The second-order valence-electron chi connectivity index (χ2n) is 19.6. The van der Waals surface area contributed by atoms with Crippen LogP contribution in [-0.4, -0.2) is 58.9 Å². The lowest BCUT2D eigenvalue weighted by Crippen LogP contribution is -2.51. The molecule has 0 spiro atoms. The predicted octanol–water partition coefficient (Wildman–Crippen LogP) is 8.79. The number of amides is 2. The molecule has 0 radical (unpaired) electrons. The van der Waals surface area contributed by atoms with Crippen LogP contribution in [0.4, 0.5) is 4.79 Å². The number of carbonyl (C=O) groups excluding carboxylic acids is 5. The van der Waals surface area contributed by atoms with Crippen molar-refractivity contribution in [3.8, 4) is 0 Å². The topological polar surface area (TPSA) is 147 Å². The first kappa shape index (κ1) is 51.1. The fourth-order valence-electron chi connectivity index (χ4n) is 6.54. The maximum Gasteiger partial charge on any atom is 0.312 e. The zero-order chi connectivity index (χ0) is 42.1. The van der Waals surface area contributed by atoms with Gasteiger partial charge in [-0.05, 0) is 78.7 Å². The summed E-state index contributed by atoms with van der Waals surface area (Å²) in [7, 11) is 0. The number of nitrogens with one attached hydrogen (secondary N) is 3. The predicted molar refractivity (Wildman–Crippen MR) is 224 cm³/mol. The Kier molecular flexibility index (Phi) is 22.0. The molecule has 1 rings (SSSR count). The highest BCUT2D eigenvalue weighted by atomic mass is 16.2. The highest BCUT2D eigenvalue weighted by molar-refractivity contribution is 5.93. The van der Waals surface area contributed by atoms with Crippen LogP contribution in [0.5, 0.6) is 0 Å². The molecule has 0 saturated heterocycles. The van der Waals surface area contributed by atoms with Crippen molar-refractivity contribution in [1.29, 1.82) is 0 Å². The Hall–Kier alpha value is -2.91. The Labute approximate surface area is 329 Å². The van der Waals surface area contributed by atoms with Gasteiger partial charge in [0.25, 0.3) is 0 Å². The van der Waals surface area contributed by atoms with Gasteiger partial charge in [-0.2, -0.15) is 0 Å². The molecule has 0 saturated carbocycles. The number of unbranched alkanes of at least 4 members (excludes halogenated alkanes) is 2. The number of ketones is 4. The Morgan fingerprint density at radius 2 is 1.11 bits per heavy atom. The van der Waals surface area contributed by atoms with Crippen LogP contribution in [0.2, 0.25) is 0 Å². The lowest BCUT2D eigenvalue weighted by molar-refractivity contribution is -0.134. The van der Waals surface area contributed by atoms with Crippen LogP contribution in [0, 0.1) is 28.6 Å². The van der Waals surface area contributed by atoms with E-state index in [0.29, 0.717) is 32.2 Å². The standard InChI is InChI=1S/C25H41NO2.C20H39N3O3/c1-8-9-11-16-20(23(28)24(2,3)4)18-22(27)21(26-25(5,6)7)17-19-14-12-10-13-15-19;1-13(2)16(23-20(6,7)8)15(24)12-14(17(25)19(3,4)5)10-9-11-22-18(21)26/h10,12-15,20-21,26H,8-9,11,16-18H2,1-7H3;13-14,16,23H,9-12H2,1-8H3,(H3,21,22,26). The van der Waals surface area contributed by atoms with Crippen molar-refractivity contribution in [2.75, 3.05) is 6.54 Å². The highest BCUT2D eigenvalue weighted by Crippen LogP contribution is 2.29. The fourth-order valence-corrected chi connectivity index (χ4v) is 6.54. The summed E-state index contributed by atoms with van der Waals surface area (Å²) in [4.78, 5) is 62.8. The van der Waals surface area contributed by atoms with Crippen molar-refractivity contribution in [1.82, 2.24) is 16.0 Å². The molecule has 0 bridgehead atoms. The second-order valence-corrected chi connectivity index (χ2v) is 19.6. The first-order valence-electron chi connectivity index (χ1n) is 20.4. The highest BCUT2D eigenvalue weighted by Gasteiger charge is 2.35. The van der Waals surface area contributed by atoms with Crippen molar-refractivity contribution < 1.29 is 24.0 Å². The fraction of sp³-hybridized carbons (Fsp3) is 0.756. The van der Waals surface area contributed by atoms with E-state index in [4.69, 9.17) is 5.73 Å². The number of hydrogen-bond donors (Lipinski definition) is 4. The molecule has 1 aromatic carbocycles. The van der Waals surface area contributed by atoms with Crippen LogP contribution in [0.3, 0.4) is 0 Å². The molecule has 5 N–H and O–H groups in total. The number of nitrogens with two attached hydrogens (primary N) is 1. The molecule has 4 atom stereocenters. The van der Waals surface area contributed by atoms with Gasteiger partial charge in [0.15, 0.2) is 11.6 Å². The van der Waals surface area contributed by atoms with Crippen LogP contribution < -0.4 is 21.7 Å². The van der Waals surface area contributed by atoms with E-state index in [9.17, 15) is 24.0 Å². The van der Waals surface area contributed by atoms with E-state index < -0.39 is 16.9 Å². The van der Waals surface area contributed by atoms with Gasteiger partial charge in [-0.25, -0.2) is 4.79 Å². The monoisotopic (exact) mass is 757 g/mol. The van der Waals surface area contributed by atoms with Gasteiger partial charge >= 0.3 is 6.03 Å². The van der Waals surface area contributed by atoms with Crippen LogP contribution in [0.15, 0.2) is 30.3 Å². The number of rotatable bonds is 21. The third-order valence-corrected chi connectivity index (χ3v) is 9.18. The van der Waals surface area contributed by atoms with Crippen LogP contribution >= 0.6 is 0 Å². The maximum atomic E-state index is 13.3. The van der Waals surface area contributed by atoms with Gasteiger partial charge in [-0.3, -0.25) is 19.2 Å². The first-order chi connectivity index (χ1) is 24.6. The van der Waals surface area contributed by atoms with Gasteiger partial charge < -0.3 is 21.7 Å². The van der Waals surface area contributed by atoms with Gasteiger partial charge in [0.2, 0.25) is 0 Å². The molecule has 4 unspecified atom stereocenters. The normalized spacial score (nSPS) is 14.7. The summed E-state index contributed by atoms with van der Waals surface area (Å²) in [5, 5.41) is 9.41. The van der Waals surface area contributed by atoms with Gasteiger partial charge in [0, 0.05) is 53.1 Å². The molecule has 9 heteroatoms. The number of primary amides is 1. The average molecular weight is 757 g/mol. The SMILES string of the molecule is CC(C)C(NC(C)(C)C)C(=O)CC(CCCNC(N)=O)C(=O)C(C)(C)C.CCCCCC(CC(=O)C(Cc1ccccc1)NC(C)(C)C)C(=O)C(C)(C)C. The zero-order valence-corrected chi connectivity index (χ0v) is 37.0. The Morgan fingerprint density at radius 1 is 0.648 bits per heavy atom. The van der Waals surface area contributed by atoms with E-state index in [1.165, 1.54) is 0 Å². The quantitative estimate of drug-likeness (QED) is 0.0917. The summed E-state index contributed by atoms with van der Waals surface area (Å²) >= 11 is 0. The Balaban J connectivity index is 0.00000104. The van der Waals surface area contributed by atoms with E-state index in [1.54, 1.807) is 0 Å². The van der Waals surface area contributed by atoms with E-state index in [1.807, 2.05) is 94.4 Å². The number of Topliss-reactive ketones (excluding diaryl/α,β-unsaturated/α-hetero) is 4. The van der Waals surface area contributed by atoms with E-state index in [-0.39, 0.29) is 70.5 Å². The Bertz CT molecular complexity index is 1300. The second kappa shape index (κ2) is 23.2. The van der Waals surface area contributed by atoms with E-state index in [2.05, 4.69) is 55.8 Å². The van der Waals surface area contributed by atoms with Crippen LogP contribution in [0.1, 0.15) is 161 Å². The minimum absolute atomic E-state index is 0.0698. The molecule has 0 aliphatic carbocycles.